The third kappa shape index (κ3) is 6.90. The molecular weight excluding hydrogens is 206 g/mol. The molecule has 0 amide bonds. The van der Waals surface area contributed by atoms with Crippen molar-refractivity contribution in [2.45, 2.75) is 51.4 Å². The van der Waals surface area contributed by atoms with Crippen LogP contribution in [-0.4, -0.2) is 26.1 Å². The van der Waals surface area contributed by atoms with Crippen LogP contribution in [0.5, 0.6) is 0 Å². The van der Waals surface area contributed by atoms with Crippen molar-refractivity contribution < 1.29 is 0 Å². The van der Waals surface area contributed by atoms with Gasteiger partial charge in [-0.2, -0.15) is 11.8 Å². The van der Waals surface area contributed by atoms with Crippen molar-refractivity contribution in [2.75, 3.05) is 18.1 Å². The third-order valence-corrected chi connectivity index (χ3v) is 9.09. The molecule has 0 aliphatic heterocycles. The first-order chi connectivity index (χ1) is 6.50. The Bertz CT molecular complexity index is 137. The minimum atomic E-state index is -0.887. The Morgan fingerprint density at radius 1 is 1.14 bits per heavy atom. The fourth-order valence-electron chi connectivity index (χ4n) is 1.21. The van der Waals surface area contributed by atoms with E-state index in [-0.39, 0.29) is 0 Å². The molecule has 0 aromatic heterocycles. The highest BCUT2D eigenvalue weighted by molar-refractivity contribution is 7.99. The highest BCUT2D eigenvalue weighted by Gasteiger charge is 2.23. The minimum Gasteiger partial charge on any atom is -0.330 e. The van der Waals surface area contributed by atoms with Crippen molar-refractivity contribution in [3.63, 3.8) is 0 Å². The van der Waals surface area contributed by atoms with Crippen molar-refractivity contribution in [3.8, 4) is 0 Å². The van der Waals surface area contributed by atoms with Crippen LogP contribution in [0.15, 0.2) is 0 Å². The minimum absolute atomic E-state index is 0.846. The Morgan fingerprint density at radius 3 is 2.21 bits per heavy atom. The van der Waals surface area contributed by atoms with Gasteiger partial charge < -0.3 is 5.73 Å². The van der Waals surface area contributed by atoms with Crippen LogP contribution < -0.4 is 5.73 Å². The predicted octanol–water partition coefficient (Wildman–Crippen LogP) is 3.58. The topological polar surface area (TPSA) is 26.0 Å². The van der Waals surface area contributed by atoms with E-state index in [1.54, 1.807) is 0 Å². The molecule has 0 rings (SSSR count). The largest absolute Gasteiger partial charge is 0.330 e. The van der Waals surface area contributed by atoms with Gasteiger partial charge in [-0.25, -0.2) is 0 Å². The molecule has 0 bridgehead atoms. The molecule has 0 spiro atoms. The molecule has 0 saturated carbocycles. The molecule has 0 aliphatic rings. The monoisotopic (exact) mass is 233 g/mol. The summed E-state index contributed by atoms with van der Waals surface area (Å²) in [4.78, 5) is 0. The van der Waals surface area contributed by atoms with Gasteiger partial charge in [0.25, 0.3) is 0 Å². The summed E-state index contributed by atoms with van der Waals surface area (Å²) >= 11 is 2.07. The summed E-state index contributed by atoms with van der Waals surface area (Å²) in [5.41, 5.74) is 6.37. The Labute approximate surface area is 95.2 Å². The number of thioether (sulfide) groups is 1. The molecule has 0 fully saturated rings. The van der Waals surface area contributed by atoms with Gasteiger partial charge in [-0.15, -0.1) is 0 Å². The first-order valence-corrected chi connectivity index (χ1v) is 10.2. The predicted molar refractivity (Wildman–Crippen MR) is 73.0 cm³/mol. The molecule has 86 valence electrons. The fraction of sp³-hybridized carbons (Fsp3) is 1.00. The maximum Gasteiger partial charge on any atom is 0.0499 e. The van der Waals surface area contributed by atoms with Crippen LogP contribution in [-0.2, 0) is 0 Å². The molecule has 1 nitrogen and oxygen atoms in total. The third-order valence-electron chi connectivity index (χ3n) is 3.17. The lowest BCUT2D eigenvalue weighted by atomic mass is 10.5. The molecule has 0 aliphatic carbocycles. The molecule has 0 saturated heterocycles. The van der Waals surface area contributed by atoms with Gasteiger partial charge in [0, 0.05) is 8.07 Å². The lowest BCUT2D eigenvalue weighted by Gasteiger charge is -2.26. The van der Waals surface area contributed by atoms with E-state index in [9.17, 15) is 0 Å². The van der Waals surface area contributed by atoms with Crippen molar-refractivity contribution in [1.82, 2.24) is 0 Å². The van der Waals surface area contributed by atoms with Crippen LogP contribution in [0.4, 0.5) is 0 Å². The van der Waals surface area contributed by atoms with Crippen molar-refractivity contribution >= 4 is 19.8 Å². The van der Waals surface area contributed by atoms with Crippen LogP contribution in [0.25, 0.3) is 0 Å². The molecule has 0 heterocycles. The van der Waals surface area contributed by atoms with E-state index in [1.807, 2.05) is 0 Å². The van der Waals surface area contributed by atoms with Crippen LogP contribution >= 0.6 is 11.8 Å². The van der Waals surface area contributed by atoms with Gasteiger partial charge >= 0.3 is 0 Å². The molecule has 0 atom stereocenters. The van der Waals surface area contributed by atoms with E-state index in [0.717, 1.165) is 12.1 Å². The summed E-state index contributed by atoms with van der Waals surface area (Å²) in [5, 5.41) is 0. The van der Waals surface area contributed by atoms with Crippen molar-refractivity contribution in [2.24, 2.45) is 5.73 Å². The second kappa shape index (κ2) is 7.77. The molecular formula is C11H27NSSi. The number of nitrogens with two attached hydrogens (primary N) is 1. The number of hydrogen-bond acceptors (Lipinski definition) is 2. The summed E-state index contributed by atoms with van der Waals surface area (Å²) in [7, 11) is -0.887. The van der Waals surface area contributed by atoms with Gasteiger partial charge in [0.1, 0.15) is 0 Å². The first-order valence-electron chi connectivity index (χ1n) is 5.78. The quantitative estimate of drug-likeness (QED) is 0.512. The normalized spacial score (nSPS) is 12.4. The summed E-state index contributed by atoms with van der Waals surface area (Å²) in [6.45, 7) is 10.6. The molecule has 0 radical (unpaired) electrons. The van der Waals surface area contributed by atoms with Gasteiger partial charge in [0.05, 0.1) is 0 Å². The van der Waals surface area contributed by atoms with Crippen LogP contribution in [0.3, 0.4) is 0 Å². The smallest absolute Gasteiger partial charge is 0.0499 e. The van der Waals surface area contributed by atoms with E-state index in [4.69, 9.17) is 5.73 Å². The second-order valence-electron chi connectivity index (χ2n) is 5.00. The fourth-order valence-corrected chi connectivity index (χ4v) is 4.05. The summed E-state index contributed by atoms with van der Waals surface area (Å²) in [5.74, 6) is 2.59. The van der Waals surface area contributed by atoms with Gasteiger partial charge in [0.15, 0.2) is 0 Å². The summed E-state index contributed by atoms with van der Waals surface area (Å²) in [6.07, 6.45) is 2.59. The van der Waals surface area contributed by atoms with Gasteiger partial charge in [-0.1, -0.05) is 38.5 Å². The first kappa shape index (κ1) is 14.5. The number of rotatable bonds is 8. The number of hydrogen-bond donors (Lipinski definition) is 1. The molecule has 0 aromatic carbocycles. The van der Waals surface area contributed by atoms with E-state index >= 15 is 0 Å². The average Bonchev–Trinajstić information content (AvgIpc) is 2.10. The Hall–Kier alpha value is 0.527. The Morgan fingerprint density at radius 2 is 1.71 bits per heavy atom. The summed E-state index contributed by atoms with van der Waals surface area (Å²) < 4.78 is 0. The van der Waals surface area contributed by atoms with Crippen LogP contribution in [0.2, 0.25) is 24.7 Å². The highest BCUT2D eigenvalue weighted by atomic mass is 32.2. The van der Waals surface area contributed by atoms with Crippen molar-refractivity contribution in [3.05, 3.63) is 0 Å². The lowest BCUT2D eigenvalue weighted by Crippen LogP contribution is -2.29. The van der Waals surface area contributed by atoms with Crippen molar-refractivity contribution in [1.29, 1.82) is 0 Å². The van der Waals surface area contributed by atoms with Crippen LogP contribution in [0, 0.1) is 0 Å². The van der Waals surface area contributed by atoms with Crippen LogP contribution in [0.1, 0.15) is 26.7 Å². The average molecular weight is 233 g/mol. The highest BCUT2D eigenvalue weighted by Crippen LogP contribution is 2.26. The van der Waals surface area contributed by atoms with E-state index < -0.39 is 8.07 Å². The Kier molecular flexibility index (Phi) is 8.06. The zero-order chi connectivity index (χ0) is 11.0. The second-order valence-corrected chi connectivity index (χ2v) is 11.9. The van der Waals surface area contributed by atoms with Gasteiger partial charge in [-0.3, -0.25) is 0 Å². The SMILES string of the molecule is CC(C)[Si](C)(C)CCCSCCCN. The molecule has 3 heteroatoms. The standard InChI is InChI=1S/C11H27NSSi/c1-11(2)14(3,4)10-6-9-13-8-5-7-12/h11H,5-10,12H2,1-4H3. The lowest BCUT2D eigenvalue weighted by molar-refractivity contribution is 0.933. The maximum absolute atomic E-state index is 5.45. The molecule has 14 heavy (non-hydrogen) atoms. The molecule has 0 unspecified atom stereocenters. The molecule has 2 N–H and O–H groups in total. The van der Waals surface area contributed by atoms with Gasteiger partial charge in [0.2, 0.25) is 0 Å². The maximum atomic E-state index is 5.45. The molecule has 0 aromatic rings. The van der Waals surface area contributed by atoms with Gasteiger partial charge in [-0.05, 0) is 30.9 Å². The van der Waals surface area contributed by atoms with E-state index in [0.29, 0.717) is 0 Å². The van der Waals surface area contributed by atoms with E-state index in [1.165, 1.54) is 30.4 Å². The summed E-state index contributed by atoms with van der Waals surface area (Å²) in [6, 6.07) is 1.49. The zero-order valence-corrected chi connectivity index (χ0v) is 12.1. The van der Waals surface area contributed by atoms with E-state index in [2.05, 4.69) is 38.7 Å². The Balaban J connectivity index is 3.35. The zero-order valence-electron chi connectivity index (χ0n) is 10.3.